The van der Waals surface area contributed by atoms with Crippen LogP contribution in [-0.2, 0) is 0 Å². The molecular weight excluding hydrogens is 262 g/mol. The summed E-state index contributed by atoms with van der Waals surface area (Å²) in [6, 6.07) is 7.43. The maximum atomic E-state index is 6.14. The molecule has 2 atom stereocenters. The third kappa shape index (κ3) is 3.04. The van der Waals surface area contributed by atoms with E-state index in [1.54, 1.807) is 0 Å². The molecule has 0 aromatic heterocycles. The Hall–Kier alpha value is -0.180. The highest BCUT2D eigenvalue weighted by Crippen LogP contribution is 2.39. The van der Waals surface area contributed by atoms with Crippen molar-refractivity contribution in [3.05, 3.63) is 28.8 Å². The van der Waals surface area contributed by atoms with Crippen LogP contribution in [0.1, 0.15) is 44.2 Å². The van der Waals surface area contributed by atoms with Gasteiger partial charge in [-0.1, -0.05) is 24.4 Å². The van der Waals surface area contributed by atoms with Gasteiger partial charge in [-0.25, -0.2) is 0 Å². The van der Waals surface area contributed by atoms with Gasteiger partial charge in [-0.05, 0) is 55.2 Å². The van der Waals surface area contributed by atoms with E-state index >= 15 is 0 Å². The fourth-order valence-corrected chi connectivity index (χ4v) is 4.09. The maximum Gasteiger partial charge on any atom is 0.0410 e. The lowest BCUT2D eigenvalue weighted by Gasteiger charge is -2.29. The van der Waals surface area contributed by atoms with Crippen LogP contribution in [-0.4, -0.2) is 11.8 Å². The topological polar surface area (TPSA) is 12.0 Å². The number of benzene rings is 1. The highest BCUT2D eigenvalue weighted by atomic mass is 35.5. The Morgan fingerprint density at radius 2 is 2.22 bits per heavy atom. The fraction of sp³-hybridized carbons (Fsp3) is 0.600. The zero-order valence-electron chi connectivity index (χ0n) is 10.8. The van der Waals surface area contributed by atoms with Gasteiger partial charge in [-0.2, -0.15) is 0 Å². The van der Waals surface area contributed by atoms with Crippen LogP contribution in [0.4, 0.5) is 0 Å². The molecule has 3 heteroatoms. The van der Waals surface area contributed by atoms with Crippen LogP contribution in [0.5, 0.6) is 0 Å². The Balaban J connectivity index is 1.71. The van der Waals surface area contributed by atoms with Gasteiger partial charge in [0.1, 0.15) is 0 Å². The number of nitrogens with one attached hydrogen (secondary N) is 1. The first kappa shape index (κ1) is 12.8. The molecule has 1 aliphatic heterocycles. The number of thioether (sulfide) groups is 1. The molecule has 1 aromatic rings. The summed E-state index contributed by atoms with van der Waals surface area (Å²) >= 11 is 8.09. The van der Waals surface area contributed by atoms with Crippen LogP contribution in [0.2, 0.25) is 5.02 Å². The highest BCUT2D eigenvalue weighted by Gasteiger charge is 2.26. The molecule has 0 amide bonds. The summed E-state index contributed by atoms with van der Waals surface area (Å²) < 4.78 is 0. The van der Waals surface area contributed by atoms with Gasteiger partial charge in [0.2, 0.25) is 0 Å². The Labute approximate surface area is 119 Å². The average molecular weight is 282 g/mol. The molecule has 0 spiro atoms. The number of hydrogen-bond acceptors (Lipinski definition) is 2. The lowest BCUT2D eigenvalue weighted by Crippen LogP contribution is -2.32. The van der Waals surface area contributed by atoms with Crippen LogP contribution in [0, 0.1) is 5.92 Å². The van der Waals surface area contributed by atoms with Gasteiger partial charge in [0, 0.05) is 22.0 Å². The van der Waals surface area contributed by atoms with E-state index in [-0.39, 0.29) is 0 Å². The van der Waals surface area contributed by atoms with Gasteiger partial charge < -0.3 is 5.32 Å². The summed E-state index contributed by atoms with van der Waals surface area (Å²) in [6.45, 7) is 2.32. The molecular formula is C15H20ClNS. The van der Waals surface area contributed by atoms with Crippen molar-refractivity contribution in [3.63, 3.8) is 0 Å². The molecule has 1 heterocycles. The lowest BCUT2D eigenvalue weighted by atomic mass is 10.0. The van der Waals surface area contributed by atoms with Crippen molar-refractivity contribution in [2.45, 2.75) is 49.6 Å². The van der Waals surface area contributed by atoms with Crippen molar-refractivity contribution in [1.29, 1.82) is 0 Å². The molecule has 98 valence electrons. The average Bonchev–Trinajstić information content (AvgIpc) is 3.14. The standard InChI is InChI=1S/C15H20ClNS/c1-10(8-11-2-3-11)17-14-6-7-18-15-5-4-12(16)9-13(14)15/h4-5,9-11,14,17H,2-3,6-8H2,1H3. The number of fused-ring (bicyclic) bond motifs is 1. The first-order valence-electron chi connectivity index (χ1n) is 6.90. The van der Waals surface area contributed by atoms with Crippen molar-refractivity contribution in [2.75, 3.05) is 5.75 Å². The number of hydrogen-bond donors (Lipinski definition) is 1. The minimum absolute atomic E-state index is 0.494. The molecule has 0 saturated heterocycles. The van der Waals surface area contributed by atoms with Crippen LogP contribution in [0.25, 0.3) is 0 Å². The van der Waals surface area contributed by atoms with Gasteiger partial charge in [0.05, 0.1) is 0 Å². The van der Waals surface area contributed by atoms with E-state index in [0.717, 1.165) is 10.9 Å². The minimum Gasteiger partial charge on any atom is -0.307 e. The van der Waals surface area contributed by atoms with E-state index in [4.69, 9.17) is 11.6 Å². The van der Waals surface area contributed by atoms with Gasteiger partial charge in [0.15, 0.2) is 0 Å². The highest BCUT2D eigenvalue weighted by molar-refractivity contribution is 7.99. The lowest BCUT2D eigenvalue weighted by molar-refractivity contribution is 0.409. The molecule has 2 aliphatic rings. The van der Waals surface area contributed by atoms with E-state index in [9.17, 15) is 0 Å². The molecule has 3 rings (SSSR count). The molecule has 1 N–H and O–H groups in total. The quantitative estimate of drug-likeness (QED) is 0.862. The number of halogens is 1. The first-order chi connectivity index (χ1) is 8.72. The molecule has 1 nitrogen and oxygen atoms in total. The zero-order chi connectivity index (χ0) is 12.5. The van der Waals surface area contributed by atoms with E-state index in [0.29, 0.717) is 12.1 Å². The molecule has 0 bridgehead atoms. The molecule has 1 aliphatic carbocycles. The van der Waals surface area contributed by atoms with Crippen molar-refractivity contribution in [3.8, 4) is 0 Å². The summed E-state index contributed by atoms with van der Waals surface area (Å²) in [5.41, 5.74) is 1.40. The third-order valence-corrected chi connectivity index (χ3v) is 5.24. The van der Waals surface area contributed by atoms with Gasteiger partial charge in [-0.15, -0.1) is 11.8 Å². The Morgan fingerprint density at radius 3 is 3.00 bits per heavy atom. The Morgan fingerprint density at radius 1 is 1.39 bits per heavy atom. The third-order valence-electron chi connectivity index (χ3n) is 3.88. The summed E-state index contributed by atoms with van der Waals surface area (Å²) in [7, 11) is 0. The Bertz CT molecular complexity index is 431. The minimum atomic E-state index is 0.494. The molecule has 2 unspecified atom stereocenters. The summed E-state index contributed by atoms with van der Waals surface area (Å²) in [5, 5.41) is 4.66. The van der Waals surface area contributed by atoms with Crippen LogP contribution < -0.4 is 5.32 Å². The molecule has 1 aromatic carbocycles. The monoisotopic (exact) mass is 281 g/mol. The van der Waals surface area contributed by atoms with Crippen molar-refractivity contribution in [1.82, 2.24) is 5.32 Å². The Kier molecular flexibility index (Phi) is 3.88. The fourth-order valence-electron chi connectivity index (χ4n) is 2.80. The first-order valence-corrected chi connectivity index (χ1v) is 8.27. The van der Waals surface area contributed by atoms with Crippen molar-refractivity contribution in [2.24, 2.45) is 5.92 Å². The number of rotatable bonds is 4. The molecule has 1 saturated carbocycles. The second kappa shape index (κ2) is 5.44. The normalized spacial score (nSPS) is 24.7. The van der Waals surface area contributed by atoms with Crippen LogP contribution >= 0.6 is 23.4 Å². The SMILES string of the molecule is CC(CC1CC1)NC1CCSc2ccc(Cl)cc21. The molecule has 0 radical (unpaired) electrons. The van der Waals surface area contributed by atoms with Gasteiger partial charge in [-0.3, -0.25) is 0 Å². The smallest absolute Gasteiger partial charge is 0.0410 e. The predicted octanol–water partition coefficient (Wildman–Crippen LogP) is 4.66. The van der Waals surface area contributed by atoms with E-state index in [1.165, 1.54) is 41.9 Å². The van der Waals surface area contributed by atoms with Crippen molar-refractivity contribution < 1.29 is 0 Å². The second-order valence-electron chi connectivity index (χ2n) is 5.62. The van der Waals surface area contributed by atoms with Crippen molar-refractivity contribution >= 4 is 23.4 Å². The summed E-state index contributed by atoms with van der Waals surface area (Å²) in [4.78, 5) is 1.40. The summed E-state index contributed by atoms with van der Waals surface area (Å²) in [5.74, 6) is 2.20. The maximum absolute atomic E-state index is 6.14. The second-order valence-corrected chi connectivity index (χ2v) is 7.19. The van der Waals surface area contributed by atoms with Crippen LogP contribution in [0.3, 0.4) is 0 Å². The van der Waals surface area contributed by atoms with Gasteiger partial charge >= 0.3 is 0 Å². The van der Waals surface area contributed by atoms with E-state index in [2.05, 4.69) is 24.4 Å². The summed E-state index contributed by atoms with van der Waals surface area (Å²) in [6.07, 6.45) is 5.43. The predicted molar refractivity (Wildman–Crippen MR) is 79.5 cm³/mol. The molecule has 18 heavy (non-hydrogen) atoms. The van der Waals surface area contributed by atoms with E-state index in [1.807, 2.05) is 17.8 Å². The van der Waals surface area contributed by atoms with E-state index < -0.39 is 0 Å². The van der Waals surface area contributed by atoms with Gasteiger partial charge in [0.25, 0.3) is 0 Å². The zero-order valence-corrected chi connectivity index (χ0v) is 12.4. The van der Waals surface area contributed by atoms with Crippen LogP contribution in [0.15, 0.2) is 23.1 Å². The largest absolute Gasteiger partial charge is 0.307 e. The molecule has 1 fully saturated rings.